The number of nitrogens with one attached hydrogen (secondary N) is 2. The van der Waals surface area contributed by atoms with Crippen molar-refractivity contribution in [3.05, 3.63) is 71.2 Å². The van der Waals surface area contributed by atoms with E-state index >= 15 is 0 Å². The summed E-state index contributed by atoms with van der Waals surface area (Å²) in [5.41, 5.74) is 1.09. The van der Waals surface area contributed by atoms with Crippen LogP contribution in [0.5, 0.6) is 0 Å². The first-order valence-corrected chi connectivity index (χ1v) is 7.93. The zero-order chi connectivity index (χ0) is 16.9. The van der Waals surface area contributed by atoms with E-state index in [1.165, 1.54) is 6.07 Å². The summed E-state index contributed by atoms with van der Waals surface area (Å²) in [6, 6.07) is 8.26. The lowest BCUT2D eigenvalue weighted by molar-refractivity contribution is 0.503. The second-order valence-electron chi connectivity index (χ2n) is 5.01. The van der Waals surface area contributed by atoms with Gasteiger partial charge in [0.2, 0.25) is 0 Å². The van der Waals surface area contributed by atoms with Gasteiger partial charge < -0.3 is 15.1 Å². The lowest BCUT2D eigenvalue weighted by Crippen LogP contribution is -2.27. The van der Waals surface area contributed by atoms with Crippen molar-refractivity contribution in [2.75, 3.05) is 5.32 Å². The molecule has 0 unspecified atom stereocenters. The number of hydrogen-bond donors (Lipinski definition) is 2. The molecule has 3 aromatic rings. The fourth-order valence-corrected chi connectivity index (χ4v) is 2.53. The molecule has 124 valence electrons. The highest BCUT2D eigenvalue weighted by molar-refractivity contribution is 7.80. The van der Waals surface area contributed by atoms with E-state index in [1.54, 1.807) is 35.5 Å². The van der Waals surface area contributed by atoms with Crippen molar-refractivity contribution < 1.29 is 8.81 Å². The summed E-state index contributed by atoms with van der Waals surface area (Å²) >= 11 is 11.2. The van der Waals surface area contributed by atoms with Crippen LogP contribution < -0.4 is 10.6 Å². The van der Waals surface area contributed by atoms with Gasteiger partial charge in [0.25, 0.3) is 0 Å². The topological polar surface area (TPSA) is 55.0 Å². The van der Waals surface area contributed by atoms with Crippen molar-refractivity contribution in [2.24, 2.45) is 0 Å². The molecule has 0 saturated heterocycles. The average Bonchev–Trinajstić information content (AvgIpc) is 3.21. The van der Waals surface area contributed by atoms with Gasteiger partial charge in [-0.15, -0.1) is 0 Å². The van der Waals surface area contributed by atoms with Crippen LogP contribution in [0.2, 0.25) is 5.02 Å². The highest BCUT2D eigenvalue weighted by Gasteiger charge is 2.09. The molecule has 1 aromatic carbocycles. The zero-order valence-electron chi connectivity index (χ0n) is 12.5. The first kappa shape index (κ1) is 16.5. The van der Waals surface area contributed by atoms with Gasteiger partial charge in [-0.05, 0) is 36.5 Å². The van der Waals surface area contributed by atoms with E-state index in [1.807, 2.05) is 12.1 Å². The molecule has 3 rings (SSSR count). The third-order valence-corrected chi connectivity index (χ3v) is 3.88. The largest absolute Gasteiger partial charge is 0.467 e. The molecular weight excluding hydrogens is 351 g/mol. The summed E-state index contributed by atoms with van der Waals surface area (Å²) in [7, 11) is 0. The van der Waals surface area contributed by atoms with Crippen LogP contribution in [0, 0.1) is 5.82 Å². The Kier molecular flexibility index (Phi) is 5.12. The number of rotatable bonds is 5. The molecule has 2 heterocycles. The van der Waals surface area contributed by atoms with Crippen molar-refractivity contribution in [2.45, 2.75) is 13.1 Å². The van der Waals surface area contributed by atoms with E-state index in [-0.39, 0.29) is 12.4 Å². The quantitative estimate of drug-likeness (QED) is 0.674. The van der Waals surface area contributed by atoms with Crippen LogP contribution in [-0.4, -0.2) is 14.9 Å². The zero-order valence-corrected chi connectivity index (χ0v) is 14.1. The molecule has 2 aromatic heterocycles. The second kappa shape index (κ2) is 7.46. The molecule has 0 saturated carbocycles. The molecule has 0 atom stereocenters. The van der Waals surface area contributed by atoms with Crippen molar-refractivity contribution in [3.8, 4) is 0 Å². The third-order valence-electron chi connectivity index (χ3n) is 3.28. The SMILES string of the molecule is Fc1cccc(Cl)c1Cn1cc(NC(=S)NCc2ccco2)cn1. The van der Waals surface area contributed by atoms with Crippen LogP contribution in [0.3, 0.4) is 0 Å². The van der Waals surface area contributed by atoms with E-state index < -0.39 is 0 Å². The number of benzene rings is 1. The van der Waals surface area contributed by atoms with Crippen molar-refractivity contribution in [1.29, 1.82) is 0 Å². The van der Waals surface area contributed by atoms with Crippen LogP contribution in [0.25, 0.3) is 0 Å². The Labute approximate surface area is 148 Å². The summed E-state index contributed by atoms with van der Waals surface area (Å²) in [4.78, 5) is 0. The number of nitrogens with zero attached hydrogens (tertiary/aromatic N) is 2. The second-order valence-corrected chi connectivity index (χ2v) is 5.83. The highest BCUT2D eigenvalue weighted by Crippen LogP contribution is 2.20. The van der Waals surface area contributed by atoms with Crippen LogP contribution in [0.1, 0.15) is 11.3 Å². The van der Waals surface area contributed by atoms with Gasteiger partial charge >= 0.3 is 0 Å². The minimum absolute atomic E-state index is 0.236. The van der Waals surface area contributed by atoms with E-state index in [0.29, 0.717) is 27.9 Å². The first-order chi connectivity index (χ1) is 11.6. The fraction of sp³-hybridized carbons (Fsp3) is 0.125. The minimum Gasteiger partial charge on any atom is -0.467 e. The Morgan fingerprint density at radius 3 is 2.96 bits per heavy atom. The Bertz CT molecular complexity index is 814. The number of furan rings is 1. The predicted octanol–water partition coefficient (Wildman–Crippen LogP) is 3.80. The Morgan fingerprint density at radius 2 is 2.21 bits per heavy atom. The molecule has 0 fully saturated rings. The minimum atomic E-state index is -0.358. The van der Waals surface area contributed by atoms with Crippen LogP contribution in [0.15, 0.2) is 53.4 Å². The first-order valence-electron chi connectivity index (χ1n) is 7.14. The van der Waals surface area contributed by atoms with Crippen LogP contribution >= 0.6 is 23.8 Å². The van der Waals surface area contributed by atoms with Crippen LogP contribution in [-0.2, 0) is 13.1 Å². The van der Waals surface area contributed by atoms with Crippen molar-refractivity contribution >= 4 is 34.6 Å². The molecule has 0 aliphatic heterocycles. The maximum atomic E-state index is 13.8. The van der Waals surface area contributed by atoms with E-state index in [4.69, 9.17) is 28.2 Å². The Balaban J connectivity index is 1.58. The molecule has 0 amide bonds. The lowest BCUT2D eigenvalue weighted by atomic mass is 10.2. The highest BCUT2D eigenvalue weighted by atomic mass is 35.5. The molecule has 0 aliphatic rings. The van der Waals surface area contributed by atoms with Gasteiger partial charge in [0, 0.05) is 16.8 Å². The normalized spacial score (nSPS) is 10.6. The van der Waals surface area contributed by atoms with Gasteiger partial charge in [-0.2, -0.15) is 5.10 Å². The number of thiocarbonyl (C=S) groups is 1. The van der Waals surface area contributed by atoms with E-state index in [2.05, 4.69) is 15.7 Å². The Morgan fingerprint density at radius 1 is 1.33 bits per heavy atom. The lowest BCUT2D eigenvalue weighted by Gasteiger charge is -2.07. The average molecular weight is 365 g/mol. The maximum Gasteiger partial charge on any atom is 0.171 e. The summed E-state index contributed by atoms with van der Waals surface area (Å²) < 4.78 is 20.6. The van der Waals surface area contributed by atoms with Crippen molar-refractivity contribution in [3.63, 3.8) is 0 Å². The summed E-state index contributed by atoms with van der Waals surface area (Å²) in [5.74, 6) is 0.423. The van der Waals surface area contributed by atoms with Gasteiger partial charge in [0.15, 0.2) is 5.11 Å². The number of anilines is 1. The van der Waals surface area contributed by atoms with Gasteiger partial charge in [-0.3, -0.25) is 4.68 Å². The predicted molar refractivity (Wildman–Crippen MR) is 94.5 cm³/mol. The molecule has 5 nitrogen and oxygen atoms in total. The number of halogens is 2. The van der Waals surface area contributed by atoms with Gasteiger partial charge in [0.1, 0.15) is 11.6 Å². The molecule has 0 bridgehead atoms. The van der Waals surface area contributed by atoms with E-state index in [9.17, 15) is 4.39 Å². The molecule has 0 radical (unpaired) electrons. The summed E-state index contributed by atoms with van der Waals surface area (Å²) in [6.07, 6.45) is 4.94. The third kappa shape index (κ3) is 4.12. The maximum absolute atomic E-state index is 13.8. The molecular formula is C16H14ClFN4OS. The summed E-state index contributed by atoms with van der Waals surface area (Å²) in [6.45, 7) is 0.720. The fourth-order valence-electron chi connectivity index (χ4n) is 2.12. The smallest absolute Gasteiger partial charge is 0.171 e. The van der Waals surface area contributed by atoms with Gasteiger partial charge in [-0.1, -0.05) is 17.7 Å². The molecule has 2 N–H and O–H groups in total. The van der Waals surface area contributed by atoms with Crippen molar-refractivity contribution in [1.82, 2.24) is 15.1 Å². The molecule has 8 heteroatoms. The molecule has 0 spiro atoms. The Hall–Kier alpha value is -2.38. The standard InChI is InChI=1S/C16H14ClFN4OS/c17-14-4-1-5-15(18)13(14)10-22-9-11(7-20-22)21-16(24)19-8-12-3-2-6-23-12/h1-7,9H,8,10H2,(H2,19,21,24). The number of hydrogen-bond acceptors (Lipinski definition) is 3. The van der Waals surface area contributed by atoms with E-state index in [0.717, 1.165) is 5.76 Å². The monoisotopic (exact) mass is 364 g/mol. The molecule has 24 heavy (non-hydrogen) atoms. The molecule has 0 aliphatic carbocycles. The number of aromatic nitrogens is 2. The van der Waals surface area contributed by atoms with Gasteiger partial charge in [0.05, 0.1) is 31.2 Å². The summed E-state index contributed by atoms with van der Waals surface area (Å²) in [5, 5.41) is 11.0. The van der Waals surface area contributed by atoms with Gasteiger partial charge in [-0.25, -0.2) is 4.39 Å². The van der Waals surface area contributed by atoms with Crippen LogP contribution in [0.4, 0.5) is 10.1 Å².